The molecular formula is C12H17ClN2. The predicted octanol–water partition coefficient (Wildman–Crippen LogP) is -0.706. The van der Waals surface area contributed by atoms with Gasteiger partial charge in [0, 0.05) is 0 Å². The highest BCUT2D eigenvalue weighted by Crippen LogP contribution is 2.24. The number of fused-ring (bicyclic) bond motifs is 1. The molecule has 1 aromatic carbocycles. The second kappa shape index (κ2) is 3.86. The van der Waals surface area contributed by atoms with E-state index in [1.54, 1.807) is 0 Å². The number of benzene rings is 1. The Hall–Kier alpha value is -1.02. The van der Waals surface area contributed by atoms with Crippen LogP contribution in [0, 0.1) is 0 Å². The number of aromatic nitrogens is 2. The fourth-order valence-corrected chi connectivity index (χ4v) is 1.65. The van der Waals surface area contributed by atoms with Crippen LogP contribution in [0.15, 0.2) is 24.5 Å². The number of halogens is 1. The molecule has 3 heteroatoms. The Balaban J connectivity index is 0.00000112. The van der Waals surface area contributed by atoms with Crippen molar-refractivity contribution in [1.29, 1.82) is 0 Å². The number of aryl methyl sites for hydroxylation is 1. The summed E-state index contributed by atoms with van der Waals surface area (Å²) in [4.78, 5) is 3.23. The Morgan fingerprint density at radius 1 is 1.20 bits per heavy atom. The van der Waals surface area contributed by atoms with Gasteiger partial charge in [-0.25, -0.2) is 9.55 Å². The molecule has 0 aliphatic rings. The van der Waals surface area contributed by atoms with E-state index < -0.39 is 0 Å². The van der Waals surface area contributed by atoms with E-state index in [0.29, 0.717) is 0 Å². The van der Waals surface area contributed by atoms with E-state index in [0.717, 1.165) is 0 Å². The van der Waals surface area contributed by atoms with Gasteiger partial charge in [-0.05, 0) is 23.1 Å². The van der Waals surface area contributed by atoms with Gasteiger partial charge in [0.15, 0.2) is 11.0 Å². The second-order valence-corrected chi connectivity index (χ2v) is 4.87. The maximum absolute atomic E-state index is 3.23. The van der Waals surface area contributed by atoms with Crippen molar-refractivity contribution in [1.82, 2.24) is 4.57 Å². The molecule has 0 aliphatic heterocycles. The van der Waals surface area contributed by atoms with E-state index in [2.05, 4.69) is 55.6 Å². The van der Waals surface area contributed by atoms with Gasteiger partial charge in [-0.15, -0.1) is 0 Å². The van der Waals surface area contributed by atoms with E-state index in [-0.39, 0.29) is 17.8 Å². The van der Waals surface area contributed by atoms with Gasteiger partial charge in [0.05, 0.1) is 7.05 Å². The molecule has 82 valence electrons. The molecule has 1 N–H and O–H groups in total. The first-order valence-electron chi connectivity index (χ1n) is 4.96. The first-order valence-corrected chi connectivity index (χ1v) is 4.96. The highest BCUT2D eigenvalue weighted by molar-refractivity contribution is 5.72. The fraction of sp³-hybridized carbons (Fsp3) is 0.417. The normalized spacial score (nSPS) is 11.5. The molecule has 0 aliphatic carbocycles. The molecule has 0 unspecified atom stereocenters. The molecule has 2 rings (SSSR count). The molecular weight excluding hydrogens is 208 g/mol. The Morgan fingerprint density at radius 2 is 1.87 bits per heavy atom. The summed E-state index contributed by atoms with van der Waals surface area (Å²) < 4.78 is 2.12. The minimum Gasteiger partial charge on any atom is -1.00 e. The molecule has 15 heavy (non-hydrogen) atoms. The molecule has 0 spiro atoms. The number of H-pyrrole nitrogens is 1. The van der Waals surface area contributed by atoms with Crippen LogP contribution in [0.5, 0.6) is 0 Å². The number of nitrogens with zero attached hydrogens (tertiary/aromatic N) is 1. The maximum atomic E-state index is 3.23. The third-order valence-electron chi connectivity index (χ3n) is 2.66. The van der Waals surface area contributed by atoms with E-state index in [1.165, 1.54) is 16.6 Å². The van der Waals surface area contributed by atoms with Crippen molar-refractivity contribution >= 4 is 11.0 Å². The number of hydrogen-bond donors (Lipinski definition) is 0. The lowest BCUT2D eigenvalue weighted by molar-refractivity contribution is -0.346. The number of aromatic amines is 1. The summed E-state index contributed by atoms with van der Waals surface area (Å²) in [5, 5.41) is 0. The SMILES string of the molecule is Cn1c[nH+]c2ccc(C(C)(C)C)cc21.[Cl-]. The van der Waals surface area contributed by atoms with Gasteiger partial charge in [0.1, 0.15) is 0 Å². The average Bonchev–Trinajstić information content (AvgIpc) is 2.46. The van der Waals surface area contributed by atoms with E-state index in [9.17, 15) is 0 Å². The summed E-state index contributed by atoms with van der Waals surface area (Å²) in [5.74, 6) is 0. The summed E-state index contributed by atoms with van der Waals surface area (Å²) in [6.07, 6.45) is 1.98. The lowest BCUT2D eigenvalue weighted by Gasteiger charge is -2.18. The standard InChI is InChI=1S/C12H16N2.ClH/c1-12(2,3)9-5-6-10-11(7-9)14(4)8-13-10;/h5-8H,1-4H3;1H. The summed E-state index contributed by atoms with van der Waals surface area (Å²) in [5.41, 5.74) is 4.05. The Kier molecular flexibility index (Phi) is 3.10. The zero-order chi connectivity index (χ0) is 10.3. The third-order valence-corrected chi connectivity index (χ3v) is 2.66. The van der Waals surface area contributed by atoms with Crippen molar-refractivity contribution in [3.8, 4) is 0 Å². The third kappa shape index (κ3) is 2.15. The average molecular weight is 225 g/mol. The Morgan fingerprint density at radius 3 is 2.47 bits per heavy atom. The quantitative estimate of drug-likeness (QED) is 0.564. The van der Waals surface area contributed by atoms with Crippen LogP contribution in [0.1, 0.15) is 26.3 Å². The molecule has 2 nitrogen and oxygen atoms in total. The van der Waals surface area contributed by atoms with Crippen LogP contribution in [0.4, 0.5) is 0 Å². The van der Waals surface area contributed by atoms with Crippen molar-refractivity contribution in [2.75, 3.05) is 0 Å². The van der Waals surface area contributed by atoms with E-state index in [4.69, 9.17) is 0 Å². The van der Waals surface area contributed by atoms with Crippen LogP contribution in [0.2, 0.25) is 0 Å². The van der Waals surface area contributed by atoms with Crippen LogP contribution in [0.3, 0.4) is 0 Å². The van der Waals surface area contributed by atoms with Gasteiger partial charge < -0.3 is 12.4 Å². The van der Waals surface area contributed by atoms with Gasteiger partial charge >= 0.3 is 0 Å². The van der Waals surface area contributed by atoms with Gasteiger partial charge in [0.25, 0.3) is 0 Å². The van der Waals surface area contributed by atoms with Crippen molar-refractivity contribution in [2.24, 2.45) is 7.05 Å². The van der Waals surface area contributed by atoms with Crippen LogP contribution in [-0.4, -0.2) is 4.57 Å². The molecule has 2 aromatic rings. The Labute approximate surface area is 96.7 Å². The van der Waals surface area contributed by atoms with Crippen molar-refractivity contribution in [3.63, 3.8) is 0 Å². The van der Waals surface area contributed by atoms with Gasteiger partial charge in [-0.2, -0.15) is 0 Å². The topological polar surface area (TPSA) is 19.1 Å². The molecule has 0 atom stereocenters. The predicted molar refractivity (Wildman–Crippen MR) is 58.2 cm³/mol. The Bertz CT molecular complexity index is 466. The first-order chi connectivity index (χ1) is 6.48. The summed E-state index contributed by atoms with van der Waals surface area (Å²) in [7, 11) is 2.06. The lowest BCUT2D eigenvalue weighted by atomic mass is 9.87. The molecule has 0 radical (unpaired) electrons. The van der Waals surface area contributed by atoms with Gasteiger partial charge in [-0.3, -0.25) is 0 Å². The molecule has 0 bridgehead atoms. The van der Waals surface area contributed by atoms with Crippen molar-refractivity contribution in [2.45, 2.75) is 26.2 Å². The summed E-state index contributed by atoms with van der Waals surface area (Å²) in [6.45, 7) is 6.71. The molecule has 0 amide bonds. The molecule has 1 aromatic heterocycles. The molecule has 0 fully saturated rings. The van der Waals surface area contributed by atoms with Crippen LogP contribution in [0.25, 0.3) is 11.0 Å². The van der Waals surface area contributed by atoms with E-state index >= 15 is 0 Å². The zero-order valence-electron chi connectivity index (χ0n) is 9.63. The molecule has 0 saturated heterocycles. The molecule has 0 saturated carbocycles. The maximum Gasteiger partial charge on any atom is 0.242 e. The highest BCUT2D eigenvalue weighted by Gasteiger charge is 2.16. The van der Waals surface area contributed by atoms with Crippen LogP contribution >= 0.6 is 0 Å². The smallest absolute Gasteiger partial charge is 0.242 e. The molecule has 1 heterocycles. The fourth-order valence-electron chi connectivity index (χ4n) is 1.65. The number of hydrogen-bond acceptors (Lipinski definition) is 0. The second-order valence-electron chi connectivity index (χ2n) is 4.87. The minimum atomic E-state index is 0. The van der Waals surface area contributed by atoms with Crippen LogP contribution in [-0.2, 0) is 12.5 Å². The van der Waals surface area contributed by atoms with E-state index in [1.807, 2.05) is 6.33 Å². The monoisotopic (exact) mass is 224 g/mol. The highest BCUT2D eigenvalue weighted by atomic mass is 35.5. The minimum absolute atomic E-state index is 0. The lowest BCUT2D eigenvalue weighted by Crippen LogP contribution is -3.00. The number of imidazole rings is 1. The number of nitrogens with one attached hydrogen (secondary N) is 1. The van der Waals surface area contributed by atoms with Gasteiger partial charge in [0.2, 0.25) is 6.33 Å². The van der Waals surface area contributed by atoms with Gasteiger partial charge in [-0.1, -0.05) is 26.8 Å². The summed E-state index contributed by atoms with van der Waals surface area (Å²) >= 11 is 0. The first kappa shape index (κ1) is 12.1. The van der Waals surface area contributed by atoms with Crippen molar-refractivity contribution in [3.05, 3.63) is 30.1 Å². The van der Waals surface area contributed by atoms with Crippen LogP contribution < -0.4 is 17.4 Å². The number of rotatable bonds is 0. The van der Waals surface area contributed by atoms with Crippen molar-refractivity contribution < 1.29 is 17.4 Å². The zero-order valence-corrected chi connectivity index (χ0v) is 10.4. The largest absolute Gasteiger partial charge is 1.00 e. The summed E-state index contributed by atoms with van der Waals surface area (Å²) in [6, 6.07) is 6.60.